The Labute approximate surface area is 115 Å². The van der Waals surface area contributed by atoms with E-state index < -0.39 is 0 Å². The molecule has 0 amide bonds. The van der Waals surface area contributed by atoms with Gasteiger partial charge >= 0.3 is 0 Å². The van der Waals surface area contributed by atoms with Gasteiger partial charge in [0.15, 0.2) is 0 Å². The zero-order valence-electron chi connectivity index (χ0n) is 11.4. The Hall–Kier alpha value is -1.24. The Balaban J connectivity index is 2.85. The quantitative estimate of drug-likeness (QED) is 0.849. The molecule has 18 heavy (non-hydrogen) atoms. The predicted molar refractivity (Wildman–Crippen MR) is 77.9 cm³/mol. The topological polar surface area (TPSA) is 28.2 Å². The van der Waals surface area contributed by atoms with Crippen molar-refractivity contribution in [1.82, 2.24) is 10.3 Å². The lowest BCUT2D eigenvalue weighted by Gasteiger charge is -2.22. The van der Waals surface area contributed by atoms with Gasteiger partial charge in [0.25, 0.3) is 0 Å². The van der Waals surface area contributed by atoms with E-state index >= 15 is 0 Å². The minimum Gasteiger partial charge on any atom is -0.349 e. The molecule has 0 saturated heterocycles. The van der Waals surface area contributed by atoms with E-state index in [0.29, 0.717) is 18.1 Å². The van der Waals surface area contributed by atoms with Gasteiger partial charge in [-0.05, 0) is 32.4 Å². The first kappa shape index (κ1) is 14.8. The maximum atomic E-state index is 6.15. The van der Waals surface area contributed by atoms with Gasteiger partial charge in [0.2, 0.25) is 0 Å². The molecular weight excluding hydrogens is 246 g/mol. The number of aromatic nitrogens is 1. The van der Waals surface area contributed by atoms with Crippen molar-refractivity contribution in [3.05, 3.63) is 22.8 Å². The molecule has 1 aromatic heterocycles. The predicted octanol–water partition coefficient (Wildman–Crippen LogP) is 2.69. The number of nitrogens with one attached hydrogen (secondary N) is 1. The Bertz CT molecular complexity index is 443. The van der Waals surface area contributed by atoms with Gasteiger partial charge in [-0.15, -0.1) is 6.42 Å². The van der Waals surface area contributed by atoms with Crippen molar-refractivity contribution in [2.24, 2.45) is 0 Å². The molecule has 0 unspecified atom stereocenters. The number of nitrogens with zero attached hydrogens (tertiary/aromatic N) is 2. The molecule has 1 aromatic rings. The number of hydrogen-bond donors (Lipinski definition) is 1. The van der Waals surface area contributed by atoms with Crippen molar-refractivity contribution in [3.63, 3.8) is 0 Å². The minimum atomic E-state index is 0.0531. The molecule has 0 aromatic carbocycles. The molecular formula is C14H20ClN3. The average Bonchev–Trinajstić information content (AvgIpc) is 2.27. The van der Waals surface area contributed by atoms with Crippen LogP contribution in [0.2, 0.25) is 5.02 Å². The van der Waals surface area contributed by atoms with Gasteiger partial charge < -0.3 is 10.2 Å². The van der Waals surface area contributed by atoms with Crippen molar-refractivity contribution in [1.29, 1.82) is 0 Å². The Kier molecular flexibility index (Phi) is 5.01. The van der Waals surface area contributed by atoms with Crippen LogP contribution < -0.4 is 10.2 Å². The van der Waals surface area contributed by atoms with Crippen LogP contribution >= 0.6 is 11.6 Å². The maximum Gasteiger partial charge on any atom is 0.129 e. The monoisotopic (exact) mass is 265 g/mol. The molecule has 0 fully saturated rings. The van der Waals surface area contributed by atoms with Crippen LogP contribution in [0.1, 0.15) is 26.3 Å². The van der Waals surface area contributed by atoms with E-state index in [1.807, 2.05) is 18.0 Å². The first-order valence-corrected chi connectivity index (χ1v) is 6.25. The fourth-order valence-corrected chi connectivity index (χ4v) is 1.56. The van der Waals surface area contributed by atoms with Crippen LogP contribution in [0.5, 0.6) is 0 Å². The number of hydrogen-bond acceptors (Lipinski definition) is 3. The number of halogens is 1. The van der Waals surface area contributed by atoms with E-state index in [4.69, 9.17) is 18.0 Å². The first-order chi connectivity index (χ1) is 8.33. The summed E-state index contributed by atoms with van der Waals surface area (Å²) in [6.07, 6.45) is 6.96. The Morgan fingerprint density at radius 3 is 2.72 bits per heavy atom. The SMILES string of the molecule is C#CCN(C)c1cc(CNC(C)(C)C)c(Cl)cn1. The highest BCUT2D eigenvalue weighted by molar-refractivity contribution is 6.31. The largest absolute Gasteiger partial charge is 0.349 e. The van der Waals surface area contributed by atoms with E-state index in [9.17, 15) is 0 Å². The van der Waals surface area contributed by atoms with Gasteiger partial charge in [0.1, 0.15) is 5.82 Å². The Morgan fingerprint density at radius 2 is 2.17 bits per heavy atom. The summed E-state index contributed by atoms with van der Waals surface area (Å²) >= 11 is 6.15. The van der Waals surface area contributed by atoms with Crippen molar-refractivity contribution in [3.8, 4) is 12.3 Å². The van der Waals surface area contributed by atoms with E-state index in [2.05, 4.69) is 37.0 Å². The summed E-state index contributed by atoms with van der Waals surface area (Å²) in [6.45, 7) is 7.59. The third-order valence-electron chi connectivity index (χ3n) is 2.45. The summed E-state index contributed by atoms with van der Waals surface area (Å²) in [5.74, 6) is 3.43. The smallest absolute Gasteiger partial charge is 0.129 e. The lowest BCUT2D eigenvalue weighted by atomic mass is 10.1. The second kappa shape index (κ2) is 6.08. The number of rotatable bonds is 4. The molecule has 0 atom stereocenters. The fourth-order valence-electron chi connectivity index (χ4n) is 1.39. The van der Waals surface area contributed by atoms with Crippen LogP contribution in [0.3, 0.4) is 0 Å². The van der Waals surface area contributed by atoms with Crippen LogP contribution in [0, 0.1) is 12.3 Å². The normalized spacial score (nSPS) is 11.1. The third kappa shape index (κ3) is 4.56. The third-order valence-corrected chi connectivity index (χ3v) is 2.79. The second-order valence-corrected chi connectivity index (χ2v) is 5.70. The fraction of sp³-hybridized carbons (Fsp3) is 0.500. The first-order valence-electron chi connectivity index (χ1n) is 5.87. The minimum absolute atomic E-state index is 0.0531. The molecule has 98 valence electrons. The molecule has 0 aliphatic rings. The van der Waals surface area contributed by atoms with Crippen molar-refractivity contribution >= 4 is 17.4 Å². The maximum absolute atomic E-state index is 6.15. The zero-order chi connectivity index (χ0) is 13.8. The van der Waals surface area contributed by atoms with E-state index in [-0.39, 0.29) is 5.54 Å². The molecule has 4 heteroatoms. The van der Waals surface area contributed by atoms with Crippen molar-refractivity contribution < 1.29 is 0 Å². The van der Waals surface area contributed by atoms with Crippen molar-refractivity contribution in [2.45, 2.75) is 32.9 Å². The molecule has 0 bridgehead atoms. The van der Waals surface area contributed by atoms with Crippen molar-refractivity contribution in [2.75, 3.05) is 18.5 Å². The molecule has 0 saturated carbocycles. The summed E-state index contributed by atoms with van der Waals surface area (Å²) in [4.78, 5) is 6.19. The highest BCUT2D eigenvalue weighted by Crippen LogP contribution is 2.20. The van der Waals surface area contributed by atoms with E-state index in [0.717, 1.165) is 11.4 Å². The molecule has 0 spiro atoms. The van der Waals surface area contributed by atoms with Gasteiger partial charge in [-0.2, -0.15) is 0 Å². The molecule has 0 aliphatic carbocycles. The summed E-state index contributed by atoms with van der Waals surface area (Å²) < 4.78 is 0. The lowest BCUT2D eigenvalue weighted by molar-refractivity contribution is 0.424. The van der Waals surface area contributed by atoms with Crippen LogP contribution in [-0.4, -0.2) is 24.1 Å². The van der Waals surface area contributed by atoms with Crippen LogP contribution in [-0.2, 0) is 6.54 Å². The number of terminal acetylenes is 1. The standard InChI is InChI=1S/C14H20ClN3/c1-6-7-18(5)13-8-11(12(15)10-16-13)9-17-14(2,3)4/h1,8,10,17H,7,9H2,2-5H3. The Morgan fingerprint density at radius 1 is 1.50 bits per heavy atom. The van der Waals surface area contributed by atoms with Gasteiger partial charge in [-0.3, -0.25) is 0 Å². The summed E-state index contributed by atoms with van der Waals surface area (Å²) in [7, 11) is 1.91. The highest BCUT2D eigenvalue weighted by Gasteiger charge is 2.11. The molecule has 1 N–H and O–H groups in total. The zero-order valence-corrected chi connectivity index (χ0v) is 12.2. The molecule has 0 radical (unpaired) electrons. The van der Waals surface area contributed by atoms with Gasteiger partial charge in [-0.1, -0.05) is 17.5 Å². The molecule has 3 nitrogen and oxygen atoms in total. The average molecular weight is 266 g/mol. The molecule has 1 heterocycles. The lowest BCUT2D eigenvalue weighted by Crippen LogP contribution is -2.35. The van der Waals surface area contributed by atoms with Gasteiger partial charge in [-0.25, -0.2) is 4.98 Å². The van der Waals surface area contributed by atoms with Crippen LogP contribution in [0.4, 0.5) is 5.82 Å². The van der Waals surface area contributed by atoms with Gasteiger partial charge in [0.05, 0.1) is 11.6 Å². The number of pyridine rings is 1. The summed E-state index contributed by atoms with van der Waals surface area (Å²) in [6, 6.07) is 1.97. The molecule has 0 aliphatic heterocycles. The summed E-state index contributed by atoms with van der Waals surface area (Å²) in [5.41, 5.74) is 1.08. The van der Waals surface area contributed by atoms with E-state index in [1.54, 1.807) is 6.20 Å². The summed E-state index contributed by atoms with van der Waals surface area (Å²) in [5, 5.41) is 4.08. The highest BCUT2D eigenvalue weighted by atomic mass is 35.5. The van der Waals surface area contributed by atoms with E-state index in [1.165, 1.54) is 0 Å². The number of anilines is 1. The van der Waals surface area contributed by atoms with Crippen LogP contribution in [0.25, 0.3) is 0 Å². The van der Waals surface area contributed by atoms with Crippen LogP contribution in [0.15, 0.2) is 12.3 Å². The molecule has 1 rings (SSSR count). The van der Waals surface area contributed by atoms with Gasteiger partial charge in [0, 0.05) is 25.3 Å². The second-order valence-electron chi connectivity index (χ2n) is 5.30.